The lowest BCUT2D eigenvalue weighted by molar-refractivity contribution is -0.0498. The summed E-state index contributed by atoms with van der Waals surface area (Å²) < 4.78 is 31.8. The van der Waals surface area contributed by atoms with Gasteiger partial charge in [-0.05, 0) is 61.3 Å². The van der Waals surface area contributed by atoms with E-state index < -0.39 is 6.61 Å². The second-order valence-corrected chi connectivity index (χ2v) is 6.70. The smallest absolute Gasteiger partial charge is 0.387 e. The molecule has 2 heterocycles. The number of nitrogens with zero attached hydrogens (tertiary/aromatic N) is 2. The minimum absolute atomic E-state index is 0.183. The number of ether oxygens (including phenoxy) is 1. The van der Waals surface area contributed by atoms with Crippen LogP contribution >= 0.6 is 0 Å². The minimum atomic E-state index is -2.81. The van der Waals surface area contributed by atoms with E-state index in [1.54, 1.807) is 18.2 Å². The summed E-state index contributed by atoms with van der Waals surface area (Å²) in [6.07, 6.45) is 4.71. The van der Waals surface area contributed by atoms with E-state index in [0.29, 0.717) is 0 Å². The predicted octanol–water partition coefficient (Wildman–Crippen LogP) is 5.01. The molecular weight excluding hydrogens is 334 g/mol. The molecule has 1 aliphatic heterocycles. The normalized spacial score (nSPS) is 15.2. The zero-order chi connectivity index (χ0) is 17.9. The molecule has 1 fully saturated rings. The van der Waals surface area contributed by atoms with Crippen LogP contribution in [-0.2, 0) is 6.54 Å². The fourth-order valence-electron chi connectivity index (χ4n) is 3.77. The third kappa shape index (κ3) is 3.58. The van der Waals surface area contributed by atoms with Crippen LogP contribution in [0.4, 0.5) is 8.78 Å². The largest absolute Gasteiger partial charge is 0.435 e. The maximum absolute atomic E-state index is 12.5. The van der Waals surface area contributed by atoms with Crippen molar-refractivity contribution in [2.75, 3.05) is 19.6 Å². The number of halogens is 2. The van der Waals surface area contributed by atoms with Crippen molar-refractivity contribution in [1.82, 2.24) is 9.47 Å². The number of benzene rings is 2. The Labute approximate surface area is 151 Å². The Morgan fingerprint density at radius 2 is 1.77 bits per heavy atom. The fourth-order valence-corrected chi connectivity index (χ4v) is 3.77. The average molecular weight is 356 g/mol. The van der Waals surface area contributed by atoms with Crippen molar-refractivity contribution < 1.29 is 13.5 Å². The van der Waals surface area contributed by atoms with Crippen LogP contribution < -0.4 is 4.74 Å². The topological polar surface area (TPSA) is 17.4 Å². The molecule has 0 spiro atoms. The van der Waals surface area contributed by atoms with Crippen LogP contribution in [0.1, 0.15) is 12.8 Å². The van der Waals surface area contributed by atoms with E-state index in [1.807, 2.05) is 18.2 Å². The highest BCUT2D eigenvalue weighted by Gasteiger charge is 2.13. The second kappa shape index (κ2) is 7.46. The summed E-state index contributed by atoms with van der Waals surface area (Å²) in [5.74, 6) is 0.183. The monoisotopic (exact) mass is 356 g/mol. The molecule has 26 heavy (non-hydrogen) atoms. The molecule has 0 unspecified atom stereocenters. The quantitative estimate of drug-likeness (QED) is 0.618. The van der Waals surface area contributed by atoms with Gasteiger partial charge in [-0.1, -0.05) is 24.3 Å². The molecule has 0 N–H and O–H groups in total. The van der Waals surface area contributed by atoms with Crippen LogP contribution in [0, 0.1) is 0 Å². The number of alkyl halides is 2. The number of likely N-dealkylation sites (tertiary alicyclic amines) is 1. The highest BCUT2D eigenvalue weighted by Crippen LogP contribution is 2.31. The summed E-state index contributed by atoms with van der Waals surface area (Å²) in [5, 5.41) is 1.13. The molecule has 4 rings (SSSR count). The molecule has 1 aromatic heterocycles. The van der Waals surface area contributed by atoms with Gasteiger partial charge >= 0.3 is 6.61 Å². The van der Waals surface area contributed by atoms with Gasteiger partial charge in [0.25, 0.3) is 0 Å². The molecule has 0 bridgehead atoms. The van der Waals surface area contributed by atoms with Gasteiger partial charge in [-0.2, -0.15) is 8.78 Å². The first-order valence-corrected chi connectivity index (χ1v) is 9.06. The van der Waals surface area contributed by atoms with Crippen LogP contribution in [0.15, 0.2) is 54.7 Å². The summed E-state index contributed by atoms with van der Waals surface area (Å²) in [5.41, 5.74) is 3.08. The summed E-state index contributed by atoms with van der Waals surface area (Å²) in [7, 11) is 0. The average Bonchev–Trinajstić information content (AvgIpc) is 3.29. The van der Waals surface area contributed by atoms with E-state index in [2.05, 4.69) is 32.5 Å². The summed E-state index contributed by atoms with van der Waals surface area (Å²) >= 11 is 0. The van der Waals surface area contributed by atoms with E-state index in [9.17, 15) is 8.78 Å². The number of hydrogen-bond donors (Lipinski definition) is 0. The highest BCUT2D eigenvalue weighted by molar-refractivity contribution is 5.95. The van der Waals surface area contributed by atoms with Crippen molar-refractivity contribution in [2.45, 2.75) is 26.0 Å². The Morgan fingerprint density at radius 3 is 2.58 bits per heavy atom. The van der Waals surface area contributed by atoms with Crippen molar-refractivity contribution in [3.05, 3.63) is 54.7 Å². The molecule has 3 nitrogen and oxygen atoms in total. The number of aromatic nitrogens is 1. The molecule has 5 heteroatoms. The second-order valence-electron chi connectivity index (χ2n) is 6.70. The Hall–Kier alpha value is -2.40. The Balaban J connectivity index is 1.62. The first-order valence-electron chi connectivity index (χ1n) is 9.06. The Kier molecular flexibility index (Phi) is 4.89. The van der Waals surface area contributed by atoms with Crippen LogP contribution in [-0.4, -0.2) is 35.7 Å². The Bertz CT molecular complexity index is 885. The van der Waals surface area contributed by atoms with Gasteiger partial charge in [0.2, 0.25) is 0 Å². The molecule has 1 saturated heterocycles. The summed E-state index contributed by atoms with van der Waals surface area (Å²) in [6.45, 7) is 1.60. The fraction of sp³-hybridized carbons (Fsp3) is 0.333. The van der Waals surface area contributed by atoms with Crippen molar-refractivity contribution in [1.29, 1.82) is 0 Å². The van der Waals surface area contributed by atoms with Gasteiger partial charge in [-0.15, -0.1) is 0 Å². The number of fused-ring (bicyclic) bond motifs is 1. The van der Waals surface area contributed by atoms with Gasteiger partial charge in [-0.3, -0.25) is 0 Å². The third-order valence-corrected chi connectivity index (χ3v) is 5.04. The Morgan fingerprint density at radius 1 is 0.962 bits per heavy atom. The van der Waals surface area contributed by atoms with Gasteiger partial charge in [-0.25, -0.2) is 0 Å². The molecule has 1 aliphatic rings. The molecular formula is C21H22F2N2O. The summed E-state index contributed by atoms with van der Waals surface area (Å²) in [6, 6.07) is 15.2. The zero-order valence-corrected chi connectivity index (χ0v) is 14.6. The van der Waals surface area contributed by atoms with Crippen molar-refractivity contribution in [2.24, 2.45) is 0 Å². The van der Waals surface area contributed by atoms with E-state index in [4.69, 9.17) is 0 Å². The first kappa shape index (κ1) is 17.0. The van der Waals surface area contributed by atoms with E-state index in [1.165, 1.54) is 31.4 Å². The molecule has 136 valence electrons. The minimum Gasteiger partial charge on any atom is -0.435 e. The SMILES string of the molecule is FC(F)Oc1cccc(-c2cccc3c2ccn3CCN2CCCC2)c1. The zero-order valence-electron chi connectivity index (χ0n) is 14.6. The van der Waals surface area contributed by atoms with Crippen molar-refractivity contribution in [3.63, 3.8) is 0 Å². The van der Waals surface area contributed by atoms with Crippen molar-refractivity contribution >= 4 is 10.9 Å². The predicted molar refractivity (Wildman–Crippen MR) is 99.7 cm³/mol. The lowest BCUT2D eigenvalue weighted by atomic mass is 10.0. The van der Waals surface area contributed by atoms with Crippen LogP contribution in [0.25, 0.3) is 22.0 Å². The molecule has 3 aromatic rings. The van der Waals surface area contributed by atoms with Gasteiger partial charge in [0.05, 0.1) is 0 Å². The van der Waals surface area contributed by atoms with E-state index >= 15 is 0 Å². The number of rotatable bonds is 6. The first-order chi connectivity index (χ1) is 12.7. The van der Waals surface area contributed by atoms with E-state index in [0.717, 1.165) is 29.6 Å². The van der Waals surface area contributed by atoms with Crippen LogP contribution in [0.3, 0.4) is 0 Å². The highest BCUT2D eigenvalue weighted by atomic mass is 19.3. The van der Waals surface area contributed by atoms with E-state index in [-0.39, 0.29) is 5.75 Å². The van der Waals surface area contributed by atoms with Crippen molar-refractivity contribution in [3.8, 4) is 16.9 Å². The van der Waals surface area contributed by atoms with Gasteiger partial charge in [0, 0.05) is 30.2 Å². The van der Waals surface area contributed by atoms with Gasteiger partial charge < -0.3 is 14.2 Å². The molecule has 2 aromatic carbocycles. The maximum Gasteiger partial charge on any atom is 0.387 e. The maximum atomic E-state index is 12.5. The molecule has 0 saturated carbocycles. The third-order valence-electron chi connectivity index (χ3n) is 5.04. The lowest BCUT2D eigenvalue weighted by Crippen LogP contribution is -2.23. The molecule has 0 aliphatic carbocycles. The molecule has 0 radical (unpaired) electrons. The number of hydrogen-bond acceptors (Lipinski definition) is 2. The summed E-state index contributed by atoms with van der Waals surface area (Å²) in [4.78, 5) is 2.50. The van der Waals surface area contributed by atoms with Crippen LogP contribution in [0.2, 0.25) is 0 Å². The lowest BCUT2D eigenvalue weighted by Gasteiger charge is -2.15. The van der Waals surface area contributed by atoms with Gasteiger partial charge in [0.15, 0.2) is 0 Å². The van der Waals surface area contributed by atoms with Gasteiger partial charge in [0.1, 0.15) is 5.75 Å². The van der Waals surface area contributed by atoms with Crippen LogP contribution in [0.5, 0.6) is 5.75 Å². The standard InChI is InChI=1S/C21H22F2N2O/c22-21(23)26-17-6-3-5-16(15-17)18-7-4-8-20-19(18)9-12-25(20)14-13-24-10-1-2-11-24/h3-9,12,15,21H,1-2,10-11,13-14H2. The molecule has 0 amide bonds. The molecule has 0 atom stereocenters.